The molecular formula is C26H30N2O6. The van der Waals surface area contributed by atoms with Crippen molar-refractivity contribution in [2.24, 2.45) is 0 Å². The van der Waals surface area contributed by atoms with Gasteiger partial charge in [0, 0.05) is 25.6 Å². The molecule has 2 amide bonds. The highest BCUT2D eigenvalue weighted by molar-refractivity contribution is 5.87. The van der Waals surface area contributed by atoms with Crippen molar-refractivity contribution >= 4 is 18.0 Å². The van der Waals surface area contributed by atoms with Gasteiger partial charge < -0.3 is 24.8 Å². The van der Waals surface area contributed by atoms with Gasteiger partial charge in [-0.15, -0.1) is 0 Å². The number of carboxylic acid groups (broad SMARTS) is 1. The number of nitrogens with zero attached hydrogens (tertiary/aromatic N) is 1. The average molecular weight is 467 g/mol. The van der Waals surface area contributed by atoms with E-state index in [4.69, 9.17) is 9.47 Å². The summed E-state index contributed by atoms with van der Waals surface area (Å²) in [5.74, 6) is -1.40. The Hall–Kier alpha value is -3.39. The number of rotatable bonds is 8. The zero-order valence-corrected chi connectivity index (χ0v) is 19.4. The smallest absolute Gasteiger partial charge is 0.407 e. The third-order valence-electron chi connectivity index (χ3n) is 6.79. The van der Waals surface area contributed by atoms with Crippen LogP contribution in [0.1, 0.15) is 43.2 Å². The molecule has 1 saturated heterocycles. The van der Waals surface area contributed by atoms with Crippen LogP contribution in [0.3, 0.4) is 0 Å². The molecule has 180 valence electrons. The maximum Gasteiger partial charge on any atom is 0.407 e. The van der Waals surface area contributed by atoms with E-state index in [1.807, 2.05) is 36.4 Å². The molecular weight excluding hydrogens is 436 g/mol. The van der Waals surface area contributed by atoms with Crippen LogP contribution in [-0.4, -0.2) is 66.4 Å². The van der Waals surface area contributed by atoms with E-state index in [-0.39, 0.29) is 30.9 Å². The van der Waals surface area contributed by atoms with E-state index < -0.39 is 24.2 Å². The number of hydrogen-bond acceptors (Lipinski definition) is 5. The molecule has 2 aromatic carbocycles. The zero-order valence-electron chi connectivity index (χ0n) is 19.4. The fraction of sp³-hybridized carbons (Fsp3) is 0.423. The molecule has 2 aliphatic rings. The predicted molar refractivity (Wildman–Crippen MR) is 125 cm³/mol. The fourth-order valence-electron chi connectivity index (χ4n) is 5.00. The van der Waals surface area contributed by atoms with Crippen molar-refractivity contribution in [1.82, 2.24) is 10.2 Å². The maximum atomic E-state index is 13.2. The second kappa shape index (κ2) is 10.3. The van der Waals surface area contributed by atoms with Crippen molar-refractivity contribution in [3.63, 3.8) is 0 Å². The Morgan fingerprint density at radius 3 is 2.29 bits per heavy atom. The topological polar surface area (TPSA) is 105 Å². The summed E-state index contributed by atoms with van der Waals surface area (Å²) in [5, 5.41) is 11.8. The highest BCUT2D eigenvalue weighted by Crippen LogP contribution is 2.44. The molecule has 1 heterocycles. The highest BCUT2D eigenvalue weighted by atomic mass is 16.5. The number of ether oxygens (including phenoxy) is 2. The number of amides is 2. The van der Waals surface area contributed by atoms with Crippen LogP contribution in [0, 0.1) is 0 Å². The largest absolute Gasteiger partial charge is 0.481 e. The summed E-state index contributed by atoms with van der Waals surface area (Å²) in [4.78, 5) is 38.8. The Morgan fingerprint density at radius 1 is 1.09 bits per heavy atom. The monoisotopic (exact) mass is 466 g/mol. The van der Waals surface area contributed by atoms with E-state index in [0.717, 1.165) is 28.7 Å². The van der Waals surface area contributed by atoms with Gasteiger partial charge in [0.15, 0.2) is 0 Å². The molecule has 34 heavy (non-hydrogen) atoms. The fourth-order valence-corrected chi connectivity index (χ4v) is 5.00. The van der Waals surface area contributed by atoms with Crippen molar-refractivity contribution in [2.45, 2.75) is 50.3 Å². The lowest BCUT2D eigenvalue weighted by Gasteiger charge is -2.31. The van der Waals surface area contributed by atoms with Crippen LogP contribution in [0.5, 0.6) is 0 Å². The quantitative estimate of drug-likeness (QED) is 0.618. The average Bonchev–Trinajstić information content (AvgIpc) is 3.42. The van der Waals surface area contributed by atoms with Crippen LogP contribution in [0.2, 0.25) is 0 Å². The van der Waals surface area contributed by atoms with Crippen LogP contribution < -0.4 is 5.32 Å². The number of carbonyl (C=O) groups is 3. The van der Waals surface area contributed by atoms with Crippen molar-refractivity contribution in [1.29, 1.82) is 0 Å². The molecule has 1 fully saturated rings. The minimum absolute atomic E-state index is 0.0920. The molecule has 0 aromatic heterocycles. The molecule has 0 radical (unpaired) electrons. The first-order valence-corrected chi connectivity index (χ1v) is 11.6. The Kier molecular flexibility index (Phi) is 7.17. The lowest BCUT2D eigenvalue weighted by Crippen LogP contribution is -2.55. The Balaban J connectivity index is 1.44. The van der Waals surface area contributed by atoms with Gasteiger partial charge in [-0.3, -0.25) is 9.59 Å². The van der Waals surface area contributed by atoms with Crippen LogP contribution in [0.15, 0.2) is 48.5 Å². The van der Waals surface area contributed by atoms with Gasteiger partial charge >= 0.3 is 12.1 Å². The van der Waals surface area contributed by atoms with Gasteiger partial charge in [-0.25, -0.2) is 4.79 Å². The zero-order chi connectivity index (χ0) is 24.2. The summed E-state index contributed by atoms with van der Waals surface area (Å²) in [7, 11) is 1.46. The van der Waals surface area contributed by atoms with Gasteiger partial charge in [0.05, 0.1) is 12.5 Å². The summed E-state index contributed by atoms with van der Waals surface area (Å²) in [6.07, 6.45) is -0.0953. The Labute approximate surface area is 198 Å². The molecule has 1 aliphatic carbocycles. The summed E-state index contributed by atoms with van der Waals surface area (Å²) in [6.45, 7) is 2.28. The summed E-state index contributed by atoms with van der Waals surface area (Å²) >= 11 is 0. The number of alkyl carbamates (subject to hydrolysis) is 1. The molecule has 2 aromatic rings. The van der Waals surface area contributed by atoms with Gasteiger partial charge in [0.2, 0.25) is 5.91 Å². The van der Waals surface area contributed by atoms with Crippen molar-refractivity contribution in [2.75, 3.05) is 20.3 Å². The first kappa shape index (κ1) is 23.8. The van der Waals surface area contributed by atoms with E-state index >= 15 is 0 Å². The van der Waals surface area contributed by atoms with E-state index in [1.54, 1.807) is 6.92 Å². The Bertz CT molecular complexity index is 1030. The minimum Gasteiger partial charge on any atom is -0.481 e. The first-order valence-electron chi connectivity index (χ1n) is 11.6. The van der Waals surface area contributed by atoms with Crippen molar-refractivity contribution < 1.29 is 29.0 Å². The van der Waals surface area contributed by atoms with Gasteiger partial charge in [-0.05, 0) is 42.0 Å². The standard InChI is InChI=1S/C26H30N2O6/c1-16(33-2)24(25(31)28-13-7-8-17(28)14-23(29)30)27-26(32)34-15-22-20-11-5-3-9-18(20)19-10-4-6-12-21(19)22/h3-6,9-12,16-17,22,24H,7-8,13-15H2,1-2H3,(H,27,32)(H,29,30)/t16?,17-,24?/m0/s1. The summed E-state index contributed by atoms with van der Waals surface area (Å²) in [5.41, 5.74) is 4.46. The maximum absolute atomic E-state index is 13.2. The number of aliphatic carboxylic acids is 1. The number of methoxy groups -OCH3 is 1. The third kappa shape index (κ3) is 4.77. The molecule has 0 spiro atoms. The summed E-state index contributed by atoms with van der Waals surface area (Å²) in [6, 6.07) is 14.8. The molecule has 2 unspecified atom stereocenters. The second-order valence-corrected chi connectivity index (χ2v) is 8.81. The number of nitrogens with one attached hydrogen (secondary N) is 1. The van der Waals surface area contributed by atoms with Crippen molar-refractivity contribution in [3.8, 4) is 11.1 Å². The third-order valence-corrected chi connectivity index (χ3v) is 6.79. The van der Waals surface area contributed by atoms with Crippen LogP contribution in [0.4, 0.5) is 4.79 Å². The van der Waals surface area contributed by atoms with E-state index in [1.165, 1.54) is 12.0 Å². The van der Waals surface area contributed by atoms with Crippen LogP contribution >= 0.6 is 0 Å². The van der Waals surface area contributed by atoms with E-state index in [0.29, 0.717) is 13.0 Å². The minimum atomic E-state index is -0.977. The highest BCUT2D eigenvalue weighted by Gasteiger charge is 2.38. The number of likely N-dealkylation sites (tertiary alicyclic amines) is 1. The molecule has 0 saturated carbocycles. The number of carboxylic acids is 1. The predicted octanol–water partition coefficient (Wildman–Crippen LogP) is 3.39. The molecule has 8 nitrogen and oxygen atoms in total. The molecule has 0 bridgehead atoms. The number of fused-ring (bicyclic) bond motifs is 3. The number of benzene rings is 2. The van der Waals surface area contributed by atoms with Gasteiger partial charge in [-0.2, -0.15) is 0 Å². The lowest BCUT2D eigenvalue weighted by atomic mass is 9.98. The van der Waals surface area contributed by atoms with E-state index in [2.05, 4.69) is 17.4 Å². The molecule has 1 aliphatic heterocycles. The van der Waals surface area contributed by atoms with Gasteiger partial charge in [0.25, 0.3) is 0 Å². The van der Waals surface area contributed by atoms with Crippen LogP contribution in [0.25, 0.3) is 11.1 Å². The molecule has 2 N–H and O–H groups in total. The molecule has 4 rings (SSSR count). The summed E-state index contributed by atoms with van der Waals surface area (Å²) < 4.78 is 10.9. The van der Waals surface area contributed by atoms with Crippen LogP contribution in [-0.2, 0) is 19.1 Å². The van der Waals surface area contributed by atoms with Gasteiger partial charge in [-0.1, -0.05) is 48.5 Å². The molecule has 8 heteroatoms. The second-order valence-electron chi connectivity index (χ2n) is 8.81. The normalized spacial score (nSPS) is 18.6. The lowest BCUT2D eigenvalue weighted by molar-refractivity contribution is -0.141. The Morgan fingerprint density at radius 2 is 1.71 bits per heavy atom. The molecule has 3 atom stereocenters. The van der Waals surface area contributed by atoms with E-state index in [9.17, 15) is 19.5 Å². The van der Waals surface area contributed by atoms with Crippen molar-refractivity contribution in [3.05, 3.63) is 59.7 Å². The first-order chi connectivity index (χ1) is 16.4. The number of hydrogen-bond donors (Lipinski definition) is 2. The van der Waals surface area contributed by atoms with Gasteiger partial charge in [0.1, 0.15) is 12.6 Å². The number of carbonyl (C=O) groups excluding carboxylic acids is 2. The SMILES string of the molecule is COC(C)C(NC(=O)OCC1c2ccccc2-c2ccccc21)C(=O)N1CCC[C@H]1CC(=O)O.